The molecule has 0 radical (unpaired) electrons. The summed E-state index contributed by atoms with van der Waals surface area (Å²) >= 11 is 6.02. The molecule has 7 nitrogen and oxygen atoms in total. The van der Waals surface area contributed by atoms with E-state index in [1.807, 2.05) is 6.92 Å². The molecule has 0 atom stereocenters. The quantitative estimate of drug-likeness (QED) is 0.618. The van der Waals surface area contributed by atoms with Gasteiger partial charge in [0.1, 0.15) is 0 Å². The predicted octanol–water partition coefficient (Wildman–Crippen LogP) is 2.91. The first-order valence-corrected chi connectivity index (χ1v) is 8.94. The van der Waals surface area contributed by atoms with E-state index < -0.39 is 5.97 Å². The molecule has 0 aliphatic heterocycles. The molecule has 2 aromatic rings. The highest BCUT2D eigenvalue weighted by Crippen LogP contribution is 2.22. The number of anilines is 2. The minimum Gasteiger partial charge on any atom is -0.465 e. The maximum atomic E-state index is 12.0. The average Bonchev–Trinajstić information content (AvgIpc) is 2.68. The zero-order valence-corrected chi connectivity index (χ0v) is 16.6. The monoisotopic (exact) mass is 403 g/mol. The number of ether oxygens (including phenoxy) is 1. The molecule has 0 saturated heterocycles. The second-order valence-corrected chi connectivity index (χ2v) is 6.52. The second kappa shape index (κ2) is 9.75. The Bertz CT molecular complexity index is 899. The number of hydrogen-bond acceptors (Lipinski definition) is 5. The van der Waals surface area contributed by atoms with Crippen LogP contribution in [0, 0.1) is 13.8 Å². The summed E-state index contributed by atoms with van der Waals surface area (Å²) in [6.07, 6.45) is 0. The van der Waals surface area contributed by atoms with Gasteiger partial charge in [-0.3, -0.25) is 9.59 Å². The molecule has 0 saturated carbocycles. The molecule has 28 heavy (non-hydrogen) atoms. The first-order chi connectivity index (χ1) is 13.3. The topological polar surface area (TPSA) is 96.5 Å². The molecular formula is C20H22ClN3O4. The van der Waals surface area contributed by atoms with Gasteiger partial charge in [0, 0.05) is 16.4 Å². The van der Waals surface area contributed by atoms with Gasteiger partial charge in [-0.15, -0.1) is 0 Å². The van der Waals surface area contributed by atoms with Crippen molar-refractivity contribution in [3.05, 3.63) is 58.1 Å². The second-order valence-electron chi connectivity index (χ2n) is 6.11. The lowest BCUT2D eigenvalue weighted by Crippen LogP contribution is -2.36. The number of benzene rings is 2. The third kappa shape index (κ3) is 5.72. The third-order valence-corrected chi connectivity index (χ3v) is 4.50. The largest absolute Gasteiger partial charge is 0.465 e. The summed E-state index contributed by atoms with van der Waals surface area (Å²) in [4.78, 5) is 35.6. The summed E-state index contributed by atoms with van der Waals surface area (Å²) in [7, 11) is 1.30. The summed E-state index contributed by atoms with van der Waals surface area (Å²) in [6, 6.07) is 10.2. The van der Waals surface area contributed by atoms with Gasteiger partial charge in [0.15, 0.2) is 0 Å². The van der Waals surface area contributed by atoms with Crippen molar-refractivity contribution < 1.29 is 19.1 Å². The lowest BCUT2D eigenvalue weighted by Gasteiger charge is -2.12. The Hall–Kier alpha value is -3.06. The molecular weight excluding hydrogens is 382 g/mol. The Balaban J connectivity index is 1.85. The molecule has 0 heterocycles. The zero-order valence-electron chi connectivity index (χ0n) is 15.9. The van der Waals surface area contributed by atoms with Crippen LogP contribution in [-0.4, -0.2) is 38.0 Å². The maximum Gasteiger partial charge on any atom is 0.337 e. The first kappa shape index (κ1) is 21.2. The van der Waals surface area contributed by atoms with Gasteiger partial charge in [-0.05, 0) is 49.2 Å². The summed E-state index contributed by atoms with van der Waals surface area (Å²) in [5.41, 5.74) is 3.24. The first-order valence-electron chi connectivity index (χ1n) is 8.56. The molecule has 2 rings (SSSR count). The van der Waals surface area contributed by atoms with Crippen LogP contribution in [0.1, 0.15) is 21.5 Å². The molecule has 3 N–H and O–H groups in total. The SMILES string of the molecule is COC(=O)c1ccc(C)c(NCC(=O)NCC(=O)Nc2cccc(Cl)c2C)c1. The number of carbonyl (C=O) groups is 3. The fourth-order valence-electron chi connectivity index (χ4n) is 2.41. The fraction of sp³-hybridized carbons (Fsp3) is 0.250. The van der Waals surface area contributed by atoms with Crippen molar-refractivity contribution in [1.82, 2.24) is 5.32 Å². The van der Waals surface area contributed by atoms with Crippen LogP contribution in [0.5, 0.6) is 0 Å². The number of rotatable bonds is 7. The number of amides is 2. The van der Waals surface area contributed by atoms with Gasteiger partial charge in [-0.2, -0.15) is 0 Å². The van der Waals surface area contributed by atoms with Crippen LogP contribution in [-0.2, 0) is 14.3 Å². The molecule has 0 bridgehead atoms. The predicted molar refractivity (Wildman–Crippen MR) is 109 cm³/mol. The van der Waals surface area contributed by atoms with Gasteiger partial charge in [0.25, 0.3) is 0 Å². The van der Waals surface area contributed by atoms with Gasteiger partial charge in [0.05, 0.1) is 25.8 Å². The molecule has 2 amide bonds. The van der Waals surface area contributed by atoms with E-state index in [1.54, 1.807) is 43.3 Å². The van der Waals surface area contributed by atoms with Gasteiger partial charge in [-0.25, -0.2) is 4.79 Å². The standard InChI is InChI=1S/C20H22ClN3O4/c1-12-7-8-14(20(27)28-3)9-17(12)22-10-18(25)23-11-19(26)24-16-6-4-5-15(21)13(16)2/h4-9,22H,10-11H2,1-3H3,(H,23,25)(H,24,26). The third-order valence-electron chi connectivity index (χ3n) is 4.09. The van der Waals surface area contributed by atoms with Crippen LogP contribution in [0.25, 0.3) is 0 Å². The number of hydrogen-bond donors (Lipinski definition) is 3. The van der Waals surface area contributed by atoms with Crippen LogP contribution < -0.4 is 16.0 Å². The van der Waals surface area contributed by atoms with E-state index in [-0.39, 0.29) is 24.9 Å². The van der Waals surface area contributed by atoms with E-state index in [0.717, 1.165) is 11.1 Å². The molecule has 0 spiro atoms. The molecule has 0 aliphatic carbocycles. The Morgan fingerprint density at radius 3 is 2.46 bits per heavy atom. The Kier molecular flexibility index (Phi) is 7.40. The van der Waals surface area contributed by atoms with E-state index in [2.05, 4.69) is 20.7 Å². The summed E-state index contributed by atoms with van der Waals surface area (Å²) in [5.74, 6) is -1.18. The Morgan fingerprint density at radius 1 is 1.00 bits per heavy atom. The van der Waals surface area contributed by atoms with Crippen LogP contribution in [0.4, 0.5) is 11.4 Å². The van der Waals surface area contributed by atoms with E-state index >= 15 is 0 Å². The van der Waals surface area contributed by atoms with Crippen molar-refractivity contribution in [1.29, 1.82) is 0 Å². The number of nitrogens with one attached hydrogen (secondary N) is 3. The van der Waals surface area contributed by atoms with Crippen LogP contribution in [0.15, 0.2) is 36.4 Å². The fourth-order valence-corrected chi connectivity index (χ4v) is 2.59. The molecule has 148 valence electrons. The Morgan fingerprint density at radius 2 is 1.75 bits per heavy atom. The highest BCUT2D eigenvalue weighted by molar-refractivity contribution is 6.31. The summed E-state index contributed by atoms with van der Waals surface area (Å²) in [6.45, 7) is 3.43. The van der Waals surface area contributed by atoms with Crippen molar-refractivity contribution in [2.24, 2.45) is 0 Å². The molecule has 0 unspecified atom stereocenters. The van der Waals surface area contributed by atoms with Crippen molar-refractivity contribution in [3.8, 4) is 0 Å². The minimum atomic E-state index is -0.458. The number of aryl methyl sites for hydroxylation is 1. The summed E-state index contributed by atoms with van der Waals surface area (Å²) in [5, 5.41) is 8.75. The zero-order chi connectivity index (χ0) is 20.7. The summed E-state index contributed by atoms with van der Waals surface area (Å²) < 4.78 is 4.69. The molecule has 8 heteroatoms. The molecule has 0 aromatic heterocycles. The van der Waals surface area contributed by atoms with E-state index in [1.165, 1.54) is 7.11 Å². The highest BCUT2D eigenvalue weighted by Gasteiger charge is 2.11. The smallest absolute Gasteiger partial charge is 0.337 e. The van der Waals surface area contributed by atoms with E-state index in [4.69, 9.17) is 11.6 Å². The highest BCUT2D eigenvalue weighted by atomic mass is 35.5. The van der Waals surface area contributed by atoms with Crippen LogP contribution in [0.2, 0.25) is 5.02 Å². The van der Waals surface area contributed by atoms with Gasteiger partial charge < -0.3 is 20.7 Å². The molecule has 0 aliphatic rings. The van der Waals surface area contributed by atoms with Gasteiger partial charge >= 0.3 is 5.97 Å². The van der Waals surface area contributed by atoms with E-state index in [9.17, 15) is 14.4 Å². The number of methoxy groups -OCH3 is 1. The maximum absolute atomic E-state index is 12.0. The van der Waals surface area contributed by atoms with Crippen molar-refractivity contribution >= 4 is 40.8 Å². The van der Waals surface area contributed by atoms with Crippen molar-refractivity contribution in [2.45, 2.75) is 13.8 Å². The van der Waals surface area contributed by atoms with Crippen LogP contribution in [0.3, 0.4) is 0 Å². The number of esters is 1. The number of carbonyl (C=O) groups excluding carboxylic acids is 3. The number of halogens is 1. The molecule has 0 fully saturated rings. The van der Waals surface area contributed by atoms with Crippen LogP contribution >= 0.6 is 11.6 Å². The lowest BCUT2D eigenvalue weighted by molar-refractivity contribution is -0.122. The van der Waals surface area contributed by atoms with E-state index in [0.29, 0.717) is 22.0 Å². The Labute approximate surface area is 168 Å². The lowest BCUT2D eigenvalue weighted by atomic mass is 10.1. The normalized spacial score (nSPS) is 10.1. The van der Waals surface area contributed by atoms with Crippen molar-refractivity contribution in [2.75, 3.05) is 30.8 Å². The van der Waals surface area contributed by atoms with Gasteiger partial charge in [0.2, 0.25) is 11.8 Å². The average molecular weight is 404 g/mol. The molecule has 2 aromatic carbocycles. The van der Waals surface area contributed by atoms with Crippen molar-refractivity contribution in [3.63, 3.8) is 0 Å². The minimum absolute atomic E-state index is 0.0467. The van der Waals surface area contributed by atoms with Gasteiger partial charge in [-0.1, -0.05) is 23.7 Å².